The van der Waals surface area contributed by atoms with Crippen LogP contribution in [0.1, 0.15) is 40.9 Å². The minimum Gasteiger partial charge on any atom is -0.463 e. The third kappa shape index (κ3) is 3.17. The maximum Gasteiger partial charge on any atom is 0.238 e. The number of primary sulfonamides is 1. The standard InChI is InChI=1S/C26H23FN2O4S/c1-25(2)21-15-20(34(28,31)32)9-10-22(21)29(3)26(25)13-12-17-14-18(6-11-23(17)33-26)24(30)16-4-7-19(27)8-5-16/h4-15H,1-3H3,(H2,28,31,32). The number of rotatable bonds is 3. The Balaban J connectivity index is 1.53. The van der Waals surface area contributed by atoms with Crippen LogP contribution in [-0.4, -0.2) is 27.0 Å². The SMILES string of the molecule is CN1c2ccc(S(N)(=O)=O)cc2C(C)(C)C12C=Cc1cc(C(=O)c3ccc(F)cc3)ccc1O2. The van der Waals surface area contributed by atoms with Gasteiger partial charge in [-0.15, -0.1) is 0 Å². The van der Waals surface area contributed by atoms with E-state index in [0.717, 1.165) is 16.8 Å². The van der Waals surface area contributed by atoms with Gasteiger partial charge in [0.1, 0.15) is 11.6 Å². The van der Waals surface area contributed by atoms with E-state index < -0.39 is 27.0 Å². The molecule has 8 heteroatoms. The van der Waals surface area contributed by atoms with Gasteiger partial charge in [0.25, 0.3) is 0 Å². The van der Waals surface area contributed by atoms with Gasteiger partial charge in [0.15, 0.2) is 5.78 Å². The third-order valence-electron chi connectivity index (χ3n) is 6.86. The Morgan fingerprint density at radius 2 is 1.68 bits per heavy atom. The lowest BCUT2D eigenvalue weighted by Crippen LogP contribution is -2.58. The van der Waals surface area contributed by atoms with Crippen LogP contribution < -0.4 is 14.8 Å². The van der Waals surface area contributed by atoms with Crippen molar-refractivity contribution >= 4 is 27.6 Å². The van der Waals surface area contributed by atoms with Crippen LogP contribution >= 0.6 is 0 Å². The van der Waals surface area contributed by atoms with Crippen LogP contribution in [-0.2, 0) is 15.4 Å². The van der Waals surface area contributed by atoms with Crippen molar-refractivity contribution in [1.29, 1.82) is 0 Å². The minimum absolute atomic E-state index is 0.0499. The number of halogens is 1. The Bertz CT molecular complexity index is 1480. The summed E-state index contributed by atoms with van der Waals surface area (Å²) in [6, 6.07) is 15.5. The number of benzene rings is 3. The summed E-state index contributed by atoms with van der Waals surface area (Å²) in [5, 5.41) is 5.36. The molecule has 1 unspecified atom stereocenters. The van der Waals surface area contributed by atoms with E-state index in [2.05, 4.69) is 0 Å². The van der Waals surface area contributed by atoms with Crippen LogP contribution in [0.4, 0.5) is 10.1 Å². The van der Waals surface area contributed by atoms with E-state index in [0.29, 0.717) is 16.9 Å². The van der Waals surface area contributed by atoms with Crippen LogP contribution in [0, 0.1) is 5.82 Å². The summed E-state index contributed by atoms with van der Waals surface area (Å²) in [5.41, 5.74) is 1.71. The van der Waals surface area contributed by atoms with E-state index in [1.807, 2.05) is 37.9 Å². The molecule has 0 saturated carbocycles. The fraction of sp³-hybridized carbons (Fsp3) is 0.192. The fourth-order valence-corrected chi connectivity index (χ4v) is 5.42. The Labute approximate surface area is 197 Å². The van der Waals surface area contributed by atoms with Crippen molar-refractivity contribution in [3.05, 3.63) is 94.8 Å². The van der Waals surface area contributed by atoms with E-state index in [4.69, 9.17) is 9.88 Å². The average Bonchev–Trinajstić information content (AvgIpc) is 2.96. The number of anilines is 1. The molecule has 2 heterocycles. The number of likely N-dealkylation sites (N-methyl/N-ethyl adjacent to an activating group) is 1. The van der Waals surface area contributed by atoms with Gasteiger partial charge >= 0.3 is 0 Å². The molecule has 0 fully saturated rings. The highest BCUT2D eigenvalue weighted by Crippen LogP contribution is 2.54. The zero-order chi connectivity index (χ0) is 24.5. The molecule has 5 rings (SSSR count). The first-order valence-corrected chi connectivity index (χ1v) is 12.2. The van der Waals surface area contributed by atoms with Crippen molar-refractivity contribution in [2.45, 2.75) is 29.9 Å². The Hall–Kier alpha value is -3.49. The van der Waals surface area contributed by atoms with Crippen LogP contribution in [0.15, 0.2) is 71.6 Å². The quantitative estimate of drug-likeness (QED) is 0.569. The van der Waals surface area contributed by atoms with E-state index in [1.54, 1.807) is 30.3 Å². The van der Waals surface area contributed by atoms with Gasteiger partial charge < -0.3 is 9.64 Å². The van der Waals surface area contributed by atoms with Crippen LogP contribution in [0.3, 0.4) is 0 Å². The van der Waals surface area contributed by atoms with E-state index in [-0.39, 0.29) is 10.7 Å². The second-order valence-corrected chi connectivity index (χ2v) is 10.7. The normalized spacial score (nSPS) is 20.1. The number of hydrogen-bond donors (Lipinski definition) is 1. The second kappa shape index (κ2) is 7.25. The van der Waals surface area contributed by atoms with Gasteiger partial charge in [-0.1, -0.05) is 0 Å². The lowest BCUT2D eigenvalue weighted by atomic mass is 9.76. The second-order valence-electron chi connectivity index (χ2n) is 9.13. The Kier molecular flexibility index (Phi) is 4.76. The van der Waals surface area contributed by atoms with Gasteiger partial charge in [0.05, 0.1) is 10.3 Å². The number of ketones is 1. The molecular formula is C26H23FN2O4S. The highest BCUT2D eigenvalue weighted by Gasteiger charge is 2.57. The van der Waals surface area contributed by atoms with E-state index in [1.165, 1.54) is 30.3 Å². The molecule has 0 radical (unpaired) electrons. The molecule has 0 amide bonds. The number of nitrogens with two attached hydrogens (primary N) is 1. The van der Waals surface area contributed by atoms with Gasteiger partial charge in [0.2, 0.25) is 15.7 Å². The number of nitrogens with zero attached hydrogens (tertiary/aromatic N) is 1. The highest BCUT2D eigenvalue weighted by atomic mass is 32.2. The predicted molar refractivity (Wildman–Crippen MR) is 128 cm³/mol. The largest absolute Gasteiger partial charge is 0.463 e. The molecule has 1 atom stereocenters. The number of ether oxygens (including phenoxy) is 1. The molecule has 3 aromatic carbocycles. The van der Waals surface area contributed by atoms with E-state index in [9.17, 15) is 17.6 Å². The van der Waals surface area contributed by atoms with Crippen molar-refractivity contribution < 1.29 is 22.3 Å². The summed E-state index contributed by atoms with van der Waals surface area (Å²) in [6.45, 7) is 3.98. The lowest BCUT2D eigenvalue weighted by molar-refractivity contribution is 0.0581. The molecule has 34 heavy (non-hydrogen) atoms. The van der Waals surface area contributed by atoms with Gasteiger partial charge in [-0.3, -0.25) is 4.79 Å². The van der Waals surface area contributed by atoms with Crippen molar-refractivity contribution in [3.63, 3.8) is 0 Å². The van der Waals surface area contributed by atoms with Crippen LogP contribution in [0.5, 0.6) is 5.75 Å². The lowest BCUT2D eigenvalue weighted by Gasteiger charge is -2.45. The molecule has 1 spiro atoms. The van der Waals surface area contributed by atoms with Crippen molar-refractivity contribution in [2.75, 3.05) is 11.9 Å². The Morgan fingerprint density at radius 1 is 1.00 bits per heavy atom. The first-order valence-electron chi connectivity index (χ1n) is 10.7. The smallest absolute Gasteiger partial charge is 0.238 e. The summed E-state index contributed by atoms with van der Waals surface area (Å²) in [4.78, 5) is 14.9. The first kappa shape index (κ1) is 22.3. The third-order valence-corrected chi connectivity index (χ3v) is 7.77. The molecule has 2 N–H and O–H groups in total. The van der Waals surface area contributed by atoms with E-state index >= 15 is 0 Å². The maximum atomic E-state index is 13.2. The molecule has 0 aliphatic carbocycles. The van der Waals surface area contributed by atoms with Crippen molar-refractivity contribution in [2.24, 2.45) is 5.14 Å². The molecule has 174 valence electrons. The molecule has 6 nitrogen and oxygen atoms in total. The number of carbonyl (C=O) groups is 1. The summed E-state index contributed by atoms with van der Waals surface area (Å²) >= 11 is 0. The van der Waals surface area contributed by atoms with Gasteiger partial charge in [-0.2, -0.15) is 0 Å². The summed E-state index contributed by atoms with van der Waals surface area (Å²) in [5.74, 6) is -0.0145. The van der Waals surface area contributed by atoms with Gasteiger partial charge in [0, 0.05) is 29.4 Å². The molecule has 2 aliphatic rings. The molecule has 0 saturated heterocycles. The van der Waals surface area contributed by atoms with Gasteiger partial charge in [-0.05, 0) is 92.2 Å². The van der Waals surface area contributed by atoms with Crippen molar-refractivity contribution in [1.82, 2.24) is 0 Å². The average molecular weight is 479 g/mol. The number of carbonyl (C=O) groups excluding carboxylic acids is 1. The number of fused-ring (bicyclic) bond motifs is 2. The van der Waals surface area contributed by atoms with Crippen molar-refractivity contribution in [3.8, 4) is 5.75 Å². The molecule has 3 aromatic rings. The summed E-state index contributed by atoms with van der Waals surface area (Å²) in [6.07, 6.45) is 3.84. The maximum absolute atomic E-state index is 13.2. The van der Waals surface area contributed by atoms with Crippen LogP contribution in [0.25, 0.3) is 6.08 Å². The highest BCUT2D eigenvalue weighted by molar-refractivity contribution is 7.89. The molecule has 0 aromatic heterocycles. The zero-order valence-electron chi connectivity index (χ0n) is 18.9. The summed E-state index contributed by atoms with van der Waals surface area (Å²) < 4.78 is 43.7. The topological polar surface area (TPSA) is 89.7 Å². The number of hydrogen-bond acceptors (Lipinski definition) is 5. The number of sulfonamides is 1. The molecule has 0 bridgehead atoms. The first-order chi connectivity index (χ1) is 15.9. The fourth-order valence-electron chi connectivity index (χ4n) is 4.88. The van der Waals surface area contributed by atoms with Gasteiger partial charge in [-0.25, -0.2) is 17.9 Å². The van der Waals surface area contributed by atoms with Crippen LogP contribution in [0.2, 0.25) is 0 Å². The minimum atomic E-state index is -3.85. The monoisotopic (exact) mass is 478 g/mol. The zero-order valence-corrected chi connectivity index (χ0v) is 19.7. The molecular weight excluding hydrogens is 455 g/mol. The predicted octanol–water partition coefficient (Wildman–Crippen LogP) is 4.23. The molecule has 2 aliphatic heterocycles. The summed E-state index contributed by atoms with van der Waals surface area (Å²) in [7, 11) is -1.96. The Morgan fingerprint density at radius 3 is 2.35 bits per heavy atom.